The zero-order valence-electron chi connectivity index (χ0n) is 11.0. The van der Waals surface area contributed by atoms with Crippen LogP contribution in [0.15, 0.2) is 12.4 Å². The Morgan fingerprint density at radius 2 is 2.30 bits per heavy atom. The lowest BCUT2D eigenvalue weighted by atomic mass is 10.1. The van der Waals surface area contributed by atoms with Crippen molar-refractivity contribution in [1.82, 2.24) is 15.1 Å². The first-order chi connectivity index (χ1) is 9.38. The fourth-order valence-electron chi connectivity index (χ4n) is 1.53. The molecule has 9 nitrogen and oxygen atoms in total. The van der Waals surface area contributed by atoms with Gasteiger partial charge in [-0.15, -0.1) is 0 Å². The first-order valence-corrected chi connectivity index (χ1v) is 6.04. The van der Waals surface area contributed by atoms with E-state index in [2.05, 4.69) is 10.4 Å². The number of nitrogens with zero attached hydrogens (tertiary/aromatic N) is 3. The number of carboxylic acid groups (broad SMARTS) is 1. The Bertz CT molecular complexity index is 499. The van der Waals surface area contributed by atoms with Gasteiger partial charge in [0.25, 0.3) is 0 Å². The van der Waals surface area contributed by atoms with Gasteiger partial charge in [-0.05, 0) is 5.92 Å². The summed E-state index contributed by atoms with van der Waals surface area (Å²) in [7, 11) is 0. The number of rotatable bonds is 8. The van der Waals surface area contributed by atoms with E-state index in [0.29, 0.717) is 0 Å². The van der Waals surface area contributed by atoms with E-state index < -0.39 is 10.9 Å². The largest absolute Gasteiger partial charge is 0.481 e. The molecule has 0 aliphatic carbocycles. The van der Waals surface area contributed by atoms with Gasteiger partial charge >= 0.3 is 11.7 Å². The second kappa shape index (κ2) is 7.22. The Labute approximate surface area is 114 Å². The third-order valence-corrected chi connectivity index (χ3v) is 2.57. The van der Waals surface area contributed by atoms with Crippen LogP contribution in [-0.2, 0) is 16.1 Å². The predicted molar refractivity (Wildman–Crippen MR) is 67.9 cm³/mol. The summed E-state index contributed by atoms with van der Waals surface area (Å²) < 4.78 is 1.32. The standard InChI is InChI=1S/C11H16N4O5/c1-8(4-11(17)18)5-12-10(16)2-3-14-7-9(6-13-14)15(19)20/h6-8H,2-5H2,1H3,(H,12,16)(H,17,18). The van der Waals surface area contributed by atoms with Crippen molar-refractivity contribution in [3.63, 3.8) is 0 Å². The molecule has 1 amide bonds. The first kappa shape index (κ1) is 15.6. The lowest BCUT2D eigenvalue weighted by molar-refractivity contribution is -0.385. The number of aryl methyl sites for hydroxylation is 1. The number of amides is 1. The van der Waals surface area contributed by atoms with E-state index in [1.807, 2.05) is 0 Å². The molecule has 1 rings (SSSR count). The summed E-state index contributed by atoms with van der Waals surface area (Å²) in [6.07, 6.45) is 2.48. The molecular formula is C11H16N4O5. The van der Waals surface area contributed by atoms with E-state index in [9.17, 15) is 19.7 Å². The fourth-order valence-corrected chi connectivity index (χ4v) is 1.53. The van der Waals surface area contributed by atoms with Crippen LogP contribution in [0.2, 0.25) is 0 Å². The van der Waals surface area contributed by atoms with Crippen molar-refractivity contribution in [3.05, 3.63) is 22.5 Å². The monoisotopic (exact) mass is 284 g/mol. The van der Waals surface area contributed by atoms with Gasteiger partial charge in [-0.2, -0.15) is 5.10 Å². The molecule has 0 saturated heterocycles. The van der Waals surface area contributed by atoms with Gasteiger partial charge < -0.3 is 10.4 Å². The molecule has 0 spiro atoms. The maximum atomic E-state index is 11.5. The van der Waals surface area contributed by atoms with Crippen LogP contribution in [-0.4, -0.2) is 38.2 Å². The Balaban J connectivity index is 2.28. The zero-order valence-corrected chi connectivity index (χ0v) is 11.0. The molecule has 0 aliphatic heterocycles. The molecule has 1 heterocycles. The molecule has 0 aromatic carbocycles. The maximum Gasteiger partial charge on any atom is 0.306 e. The lowest BCUT2D eigenvalue weighted by Gasteiger charge is -2.10. The minimum atomic E-state index is -0.907. The summed E-state index contributed by atoms with van der Waals surface area (Å²) in [6.45, 7) is 2.24. The van der Waals surface area contributed by atoms with Crippen molar-refractivity contribution in [2.45, 2.75) is 26.3 Å². The summed E-state index contributed by atoms with van der Waals surface area (Å²) in [5, 5.41) is 25.4. The van der Waals surface area contributed by atoms with Crippen LogP contribution in [0.4, 0.5) is 5.69 Å². The van der Waals surface area contributed by atoms with Crippen molar-refractivity contribution >= 4 is 17.6 Å². The zero-order chi connectivity index (χ0) is 15.1. The van der Waals surface area contributed by atoms with Crippen molar-refractivity contribution in [2.75, 3.05) is 6.54 Å². The van der Waals surface area contributed by atoms with Gasteiger partial charge in [0.2, 0.25) is 5.91 Å². The average Bonchev–Trinajstić information content (AvgIpc) is 2.82. The molecule has 0 saturated carbocycles. The summed E-state index contributed by atoms with van der Waals surface area (Å²) in [5.74, 6) is -1.31. The Hall–Kier alpha value is -2.45. The number of aliphatic carboxylic acids is 1. The van der Waals surface area contributed by atoms with Crippen LogP contribution in [0, 0.1) is 16.0 Å². The SMILES string of the molecule is CC(CNC(=O)CCn1cc([N+](=O)[O-])cn1)CC(=O)O. The van der Waals surface area contributed by atoms with Crippen LogP contribution in [0.1, 0.15) is 19.8 Å². The molecule has 1 unspecified atom stereocenters. The van der Waals surface area contributed by atoms with E-state index in [0.717, 1.165) is 6.20 Å². The van der Waals surface area contributed by atoms with Crippen molar-refractivity contribution in [1.29, 1.82) is 0 Å². The van der Waals surface area contributed by atoms with Crippen LogP contribution in [0.25, 0.3) is 0 Å². The van der Waals surface area contributed by atoms with E-state index >= 15 is 0 Å². The fraction of sp³-hybridized carbons (Fsp3) is 0.545. The topological polar surface area (TPSA) is 127 Å². The third-order valence-electron chi connectivity index (χ3n) is 2.57. The highest BCUT2D eigenvalue weighted by molar-refractivity contribution is 5.75. The van der Waals surface area contributed by atoms with Gasteiger partial charge in [0.15, 0.2) is 0 Å². The van der Waals surface area contributed by atoms with E-state index in [-0.39, 0.29) is 43.4 Å². The second-order valence-electron chi connectivity index (χ2n) is 4.48. The van der Waals surface area contributed by atoms with Gasteiger partial charge in [0, 0.05) is 25.9 Å². The number of hydrogen-bond donors (Lipinski definition) is 2. The van der Waals surface area contributed by atoms with Gasteiger partial charge in [-0.25, -0.2) is 0 Å². The molecule has 0 aliphatic rings. The number of carboxylic acids is 1. The second-order valence-corrected chi connectivity index (χ2v) is 4.48. The molecule has 1 atom stereocenters. The summed E-state index contributed by atoms with van der Waals surface area (Å²) in [4.78, 5) is 31.8. The number of carbonyl (C=O) groups excluding carboxylic acids is 1. The Morgan fingerprint density at radius 3 is 2.85 bits per heavy atom. The van der Waals surface area contributed by atoms with Crippen molar-refractivity contribution in [2.24, 2.45) is 5.92 Å². The van der Waals surface area contributed by atoms with Gasteiger partial charge in [-0.1, -0.05) is 6.92 Å². The summed E-state index contributed by atoms with van der Waals surface area (Å²) >= 11 is 0. The van der Waals surface area contributed by atoms with E-state index in [4.69, 9.17) is 5.11 Å². The highest BCUT2D eigenvalue weighted by atomic mass is 16.6. The first-order valence-electron chi connectivity index (χ1n) is 6.04. The number of carbonyl (C=O) groups is 2. The van der Waals surface area contributed by atoms with Crippen molar-refractivity contribution in [3.8, 4) is 0 Å². The summed E-state index contributed by atoms with van der Waals surface area (Å²) in [6, 6.07) is 0. The molecule has 0 bridgehead atoms. The highest BCUT2D eigenvalue weighted by Crippen LogP contribution is 2.08. The smallest absolute Gasteiger partial charge is 0.306 e. The van der Waals surface area contributed by atoms with Gasteiger partial charge in [0.05, 0.1) is 4.92 Å². The normalized spacial score (nSPS) is 11.8. The Kier molecular flexibility index (Phi) is 5.63. The molecule has 1 aromatic rings. The van der Waals surface area contributed by atoms with Gasteiger partial charge in [-0.3, -0.25) is 24.4 Å². The van der Waals surface area contributed by atoms with Crippen LogP contribution in [0.5, 0.6) is 0 Å². The predicted octanol–water partition coefficient (Wildman–Crippen LogP) is 0.408. The van der Waals surface area contributed by atoms with Crippen LogP contribution in [0.3, 0.4) is 0 Å². The van der Waals surface area contributed by atoms with Crippen molar-refractivity contribution < 1.29 is 19.6 Å². The molecule has 2 N–H and O–H groups in total. The Morgan fingerprint density at radius 1 is 1.60 bits per heavy atom. The highest BCUT2D eigenvalue weighted by Gasteiger charge is 2.11. The molecule has 20 heavy (non-hydrogen) atoms. The number of nitro groups is 1. The molecular weight excluding hydrogens is 268 g/mol. The maximum absolute atomic E-state index is 11.5. The van der Waals surface area contributed by atoms with Gasteiger partial charge in [0.1, 0.15) is 12.4 Å². The average molecular weight is 284 g/mol. The number of hydrogen-bond acceptors (Lipinski definition) is 5. The molecule has 110 valence electrons. The number of aromatic nitrogens is 2. The van der Waals surface area contributed by atoms with Crippen LogP contribution < -0.4 is 5.32 Å². The summed E-state index contributed by atoms with van der Waals surface area (Å²) in [5.41, 5.74) is -0.125. The quantitative estimate of drug-likeness (QED) is 0.525. The minimum absolute atomic E-state index is 0.00830. The molecule has 0 radical (unpaired) electrons. The van der Waals surface area contributed by atoms with Crippen LogP contribution >= 0.6 is 0 Å². The third kappa shape index (κ3) is 5.46. The lowest BCUT2D eigenvalue weighted by Crippen LogP contribution is -2.29. The van der Waals surface area contributed by atoms with E-state index in [1.165, 1.54) is 10.9 Å². The molecule has 0 fully saturated rings. The molecule has 1 aromatic heterocycles. The molecule has 9 heteroatoms. The van der Waals surface area contributed by atoms with E-state index in [1.54, 1.807) is 6.92 Å². The minimum Gasteiger partial charge on any atom is -0.481 e. The number of nitrogens with one attached hydrogen (secondary N) is 1.